The molecule has 0 unspecified atom stereocenters. The molecule has 0 aromatic rings. The van der Waals surface area contributed by atoms with Crippen LogP contribution >= 0.6 is 0 Å². The Morgan fingerprint density at radius 3 is 0.0417 bits per heavy atom. The van der Waals surface area contributed by atoms with E-state index in [0.717, 1.165) is 0 Å². The Kier molecular flexibility index (Phi) is 2920. The van der Waals surface area contributed by atoms with E-state index in [2.05, 4.69) is 0 Å². The molecule has 0 saturated heterocycles. The van der Waals surface area contributed by atoms with Gasteiger partial charge in [-0.3, -0.25) is 0 Å². The minimum atomic E-state index is 0. The van der Waals surface area contributed by atoms with E-state index < -0.39 is 0 Å². The summed E-state index contributed by atoms with van der Waals surface area (Å²) in [6, 6.07) is 0. The Morgan fingerprint density at radius 1 is 0.0417 bits per heavy atom. The van der Waals surface area contributed by atoms with E-state index >= 15 is 0 Å². The molecule has 48 heavy (non-hydrogen) atoms. The van der Waals surface area contributed by atoms with Crippen LogP contribution in [0.5, 0.6) is 0 Å². The van der Waals surface area contributed by atoms with Gasteiger partial charge < -0.3 is 5.48 Å². The SMILES string of the molecule is O.[NaH].[NaH].[NaH].[NaH].[NaH].[NaH].[NaH].[NaH].[NaH].[NaH].[NaH].[NaH].[NaH].[NaH].[NaH].[NaH].[NaH].[NaH].[NaH].[NaH].[NaH].[NaH].[NaH].[NaH].[NaH].[NaH].[NaH].[NaH].[NaH].[NaH].[NaH].[NaH].[NaH].[NaH].[NaH].[NaH].[NaH].[NaH].[NaH].[NaH].[NaH].[NaH].[NaH].[NaH].[NaH].[NaH].[NaH]. The first kappa shape index (κ1) is 380. The standard InChI is InChI=1S/47Na.H2O.47H/h;;;;;;;;;;;;;;;;;;;;;;;;;;;;;;;;;;;;;;;;;;;;;;;1H2;;;;;;;;;;;;;;;;;;;;;;;;;;;;;;;;;;;;;;;;;;;;;;;. The number of hydrogen-bond acceptors (Lipinski definition) is 0. The van der Waals surface area contributed by atoms with Gasteiger partial charge in [0.15, 0.2) is 0 Å². The Labute approximate surface area is 1340 Å². The van der Waals surface area contributed by atoms with Gasteiger partial charge in [0.25, 0.3) is 0 Å². The van der Waals surface area contributed by atoms with Crippen molar-refractivity contribution in [3.63, 3.8) is 0 Å². The normalized spacial score (nSPS) is 0. The summed E-state index contributed by atoms with van der Waals surface area (Å²) < 4.78 is 0. The summed E-state index contributed by atoms with van der Waals surface area (Å²) in [7, 11) is 0. The molecule has 0 saturated carbocycles. The third-order valence-electron chi connectivity index (χ3n) is 0. The van der Waals surface area contributed by atoms with Crippen LogP contribution < -0.4 is 0 Å². The molecule has 0 aliphatic carbocycles. The van der Waals surface area contributed by atoms with Gasteiger partial charge in [-0.2, -0.15) is 0 Å². The van der Waals surface area contributed by atoms with Crippen molar-refractivity contribution in [2.75, 3.05) is 0 Å². The maximum absolute atomic E-state index is 0. The van der Waals surface area contributed by atoms with Crippen molar-refractivity contribution >= 4 is 1390 Å². The predicted octanol–water partition coefficient (Wildman–Crippen LogP) is -31.3. The van der Waals surface area contributed by atoms with Crippen LogP contribution in [0, 0.1) is 0 Å². The maximum atomic E-state index is 0. The third-order valence-corrected chi connectivity index (χ3v) is 0. The molecule has 0 aliphatic heterocycles. The summed E-state index contributed by atoms with van der Waals surface area (Å²) in [5, 5.41) is 0. The van der Waals surface area contributed by atoms with Gasteiger partial charge in [-0.1, -0.05) is 0 Å². The van der Waals surface area contributed by atoms with Crippen LogP contribution in [-0.4, -0.2) is 1390 Å². The summed E-state index contributed by atoms with van der Waals surface area (Å²) in [5.41, 5.74) is 0. The molecule has 0 amide bonds. The van der Waals surface area contributed by atoms with Crippen LogP contribution in [0.25, 0.3) is 0 Å². The van der Waals surface area contributed by atoms with Crippen molar-refractivity contribution in [1.82, 2.24) is 0 Å². The van der Waals surface area contributed by atoms with Gasteiger partial charge >= 0.3 is 1390 Å². The van der Waals surface area contributed by atoms with Crippen molar-refractivity contribution in [2.45, 2.75) is 0 Å². The molecule has 0 aromatic heterocycles. The van der Waals surface area contributed by atoms with Crippen molar-refractivity contribution in [3.05, 3.63) is 0 Å². The van der Waals surface area contributed by atoms with Crippen LogP contribution in [0.2, 0.25) is 0 Å². The molecule has 102 valence electrons. The van der Waals surface area contributed by atoms with Crippen LogP contribution in [-0.2, 0) is 0 Å². The molecule has 0 aromatic carbocycles. The molecule has 0 radical (unpaired) electrons. The molecule has 0 fully saturated rings. The summed E-state index contributed by atoms with van der Waals surface area (Å²) in [6.45, 7) is 0. The molecule has 0 atom stereocenters. The first-order valence-electron chi connectivity index (χ1n) is 0. The Balaban J connectivity index is 0. The minimum absolute atomic E-state index is 0. The molecule has 0 heterocycles. The fourth-order valence-corrected chi connectivity index (χ4v) is 0. The van der Waals surface area contributed by atoms with Crippen molar-refractivity contribution in [2.24, 2.45) is 0 Å². The van der Waals surface area contributed by atoms with Gasteiger partial charge in [-0.25, -0.2) is 0 Å². The average molecular weight is 1150 g/mol. The van der Waals surface area contributed by atoms with Crippen molar-refractivity contribution < 1.29 is 5.48 Å². The number of hydrogen-bond donors (Lipinski definition) is 0. The molecule has 2 N–H and O–H groups in total. The summed E-state index contributed by atoms with van der Waals surface area (Å²) >= 11 is 0. The van der Waals surface area contributed by atoms with Crippen molar-refractivity contribution in [3.8, 4) is 0 Å². The van der Waals surface area contributed by atoms with Crippen molar-refractivity contribution in [1.29, 1.82) is 0 Å². The first-order valence-corrected chi connectivity index (χ1v) is 0. The Bertz CT molecular complexity index is 7.01. The van der Waals surface area contributed by atoms with Gasteiger partial charge in [-0.05, 0) is 0 Å². The van der Waals surface area contributed by atoms with Gasteiger partial charge in [0.1, 0.15) is 0 Å². The van der Waals surface area contributed by atoms with Crippen LogP contribution in [0.1, 0.15) is 0 Å². The van der Waals surface area contributed by atoms with Gasteiger partial charge in [-0.15, -0.1) is 0 Å². The molecule has 0 bridgehead atoms. The van der Waals surface area contributed by atoms with Gasteiger partial charge in [0, 0.05) is 0 Å². The zero-order chi connectivity index (χ0) is 0. The number of rotatable bonds is 0. The van der Waals surface area contributed by atoms with E-state index in [0.29, 0.717) is 0 Å². The molecular formula is H49Na47O. The average Bonchev–Trinajstić information content (AvgIpc) is 0. The van der Waals surface area contributed by atoms with Crippen LogP contribution in [0.15, 0.2) is 0 Å². The first-order chi connectivity index (χ1) is 0. The van der Waals surface area contributed by atoms with Gasteiger partial charge in [0.05, 0.1) is 0 Å². The summed E-state index contributed by atoms with van der Waals surface area (Å²) in [4.78, 5) is 0. The Hall–Kier alpha value is 47.0. The summed E-state index contributed by atoms with van der Waals surface area (Å²) in [6.07, 6.45) is 0. The van der Waals surface area contributed by atoms with Gasteiger partial charge in [0.2, 0.25) is 0 Å². The predicted molar refractivity (Wildman–Crippen MR) is 340 cm³/mol. The fourth-order valence-electron chi connectivity index (χ4n) is 0. The van der Waals surface area contributed by atoms with E-state index in [1.165, 1.54) is 0 Å². The molecule has 1 nitrogen and oxygen atoms in total. The fraction of sp³-hybridized carbons (Fsp3) is 0. The monoisotopic (exact) mass is 1150 g/mol. The topological polar surface area (TPSA) is 31.5 Å². The Morgan fingerprint density at radius 2 is 0.0417 bits per heavy atom. The molecule has 48 heteroatoms. The van der Waals surface area contributed by atoms with E-state index in [-0.39, 0.29) is 1390 Å². The zero-order valence-electron chi connectivity index (χ0n) is 0.500. The van der Waals surface area contributed by atoms with E-state index in [4.69, 9.17) is 0 Å². The zero-order valence-corrected chi connectivity index (χ0v) is 0.500. The summed E-state index contributed by atoms with van der Waals surface area (Å²) in [5.74, 6) is 0. The van der Waals surface area contributed by atoms with Crippen LogP contribution in [0.3, 0.4) is 0 Å². The molecule has 0 aliphatic rings. The quantitative estimate of drug-likeness (QED) is 0.217. The molecule has 0 rings (SSSR count). The van der Waals surface area contributed by atoms with E-state index in [9.17, 15) is 0 Å². The van der Waals surface area contributed by atoms with Crippen LogP contribution in [0.4, 0.5) is 0 Å². The second-order valence-electron chi connectivity index (χ2n) is 0. The molecular weight excluding hydrogens is 1100 g/mol. The van der Waals surface area contributed by atoms with E-state index in [1.807, 2.05) is 0 Å². The second kappa shape index (κ2) is 368. The van der Waals surface area contributed by atoms with E-state index in [1.54, 1.807) is 0 Å². The third kappa shape index (κ3) is 356. The second-order valence-corrected chi connectivity index (χ2v) is 0. The molecule has 0 spiro atoms.